The third kappa shape index (κ3) is 3.40. The van der Waals surface area contributed by atoms with Crippen molar-refractivity contribution >= 4 is 0 Å². The molecule has 1 N–H and O–H groups in total. The molecular formula is C11H21N. The van der Waals surface area contributed by atoms with Crippen LogP contribution in [-0.4, -0.2) is 12.1 Å². The highest BCUT2D eigenvalue weighted by molar-refractivity contribution is 4.95. The van der Waals surface area contributed by atoms with Crippen molar-refractivity contribution in [2.24, 2.45) is 0 Å². The van der Waals surface area contributed by atoms with E-state index in [1.54, 1.807) is 0 Å². The minimum Gasteiger partial charge on any atom is -0.308 e. The first-order valence-electron chi connectivity index (χ1n) is 5.25. The van der Waals surface area contributed by atoms with Gasteiger partial charge in [0.25, 0.3) is 0 Å². The quantitative estimate of drug-likeness (QED) is 0.637. The van der Waals surface area contributed by atoms with E-state index in [9.17, 15) is 0 Å². The Balaban J connectivity index is 2.22. The molecule has 1 fully saturated rings. The summed E-state index contributed by atoms with van der Waals surface area (Å²) >= 11 is 0. The van der Waals surface area contributed by atoms with Gasteiger partial charge in [0, 0.05) is 12.1 Å². The largest absolute Gasteiger partial charge is 0.308 e. The predicted molar refractivity (Wildman–Crippen MR) is 54.3 cm³/mol. The van der Waals surface area contributed by atoms with Crippen molar-refractivity contribution < 1.29 is 0 Å². The normalized spacial score (nSPS) is 31.2. The zero-order valence-corrected chi connectivity index (χ0v) is 8.34. The van der Waals surface area contributed by atoms with Crippen LogP contribution < -0.4 is 5.32 Å². The van der Waals surface area contributed by atoms with E-state index in [-0.39, 0.29) is 0 Å². The highest BCUT2D eigenvalue weighted by Crippen LogP contribution is 2.13. The molecule has 1 nitrogen and oxygen atoms in total. The summed E-state index contributed by atoms with van der Waals surface area (Å²) in [6, 6.07) is 1.37. The lowest BCUT2D eigenvalue weighted by molar-refractivity contribution is 0.374. The zero-order chi connectivity index (χ0) is 8.81. The Labute approximate surface area is 76.2 Å². The van der Waals surface area contributed by atoms with E-state index >= 15 is 0 Å². The van der Waals surface area contributed by atoms with Gasteiger partial charge in [-0.1, -0.05) is 31.9 Å². The second-order valence-corrected chi connectivity index (χ2v) is 3.82. The molecule has 70 valence electrons. The number of nitrogens with one attached hydrogen (secondary N) is 1. The summed E-state index contributed by atoms with van der Waals surface area (Å²) in [5.74, 6) is 0. The lowest BCUT2D eigenvalue weighted by Crippen LogP contribution is -2.39. The van der Waals surface area contributed by atoms with Crippen LogP contribution in [0.3, 0.4) is 0 Å². The van der Waals surface area contributed by atoms with Gasteiger partial charge in [-0.3, -0.25) is 0 Å². The Morgan fingerprint density at radius 2 is 2.25 bits per heavy atom. The van der Waals surface area contributed by atoms with Crippen LogP contribution in [0.1, 0.15) is 46.0 Å². The molecule has 0 aliphatic carbocycles. The molecule has 0 saturated carbocycles. The maximum absolute atomic E-state index is 3.59. The summed E-state index contributed by atoms with van der Waals surface area (Å²) in [6.45, 7) is 4.50. The topological polar surface area (TPSA) is 12.0 Å². The van der Waals surface area contributed by atoms with Gasteiger partial charge < -0.3 is 5.32 Å². The number of hydrogen-bond donors (Lipinski definition) is 1. The molecule has 0 radical (unpaired) electrons. The van der Waals surface area contributed by atoms with E-state index in [1.807, 2.05) is 0 Å². The molecule has 1 heterocycles. The van der Waals surface area contributed by atoms with Gasteiger partial charge in [0.1, 0.15) is 0 Å². The van der Waals surface area contributed by atoms with Gasteiger partial charge in [-0.05, 0) is 26.2 Å². The molecular weight excluding hydrogens is 146 g/mol. The van der Waals surface area contributed by atoms with Gasteiger partial charge in [-0.15, -0.1) is 0 Å². The first-order chi connectivity index (χ1) is 5.83. The van der Waals surface area contributed by atoms with Crippen LogP contribution in [0.4, 0.5) is 0 Å². The molecule has 0 bridgehead atoms. The molecule has 1 aliphatic rings. The Morgan fingerprint density at radius 3 is 2.92 bits per heavy atom. The molecule has 0 spiro atoms. The van der Waals surface area contributed by atoms with Gasteiger partial charge in [0.05, 0.1) is 0 Å². The van der Waals surface area contributed by atoms with Crippen molar-refractivity contribution in [1.82, 2.24) is 5.32 Å². The van der Waals surface area contributed by atoms with Gasteiger partial charge in [-0.25, -0.2) is 0 Å². The fourth-order valence-electron chi connectivity index (χ4n) is 1.76. The standard InChI is InChI=1S/C11H21N/c1-3-4-5-8-11-9-6-7-10(2)12-11/h5,8,10-12H,3-4,6-7,9H2,1-2H3. The predicted octanol–water partition coefficient (Wildman–Crippen LogP) is 2.87. The molecule has 0 aromatic rings. The molecule has 0 aromatic heterocycles. The summed E-state index contributed by atoms with van der Waals surface area (Å²) in [5, 5.41) is 3.59. The van der Waals surface area contributed by atoms with Crippen molar-refractivity contribution in [3.05, 3.63) is 12.2 Å². The Hall–Kier alpha value is -0.300. The molecule has 0 aromatic carbocycles. The molecule has 0 amide bonds. The van der Waals surface area contributed by atoms with Gasteiger partial charge in [-0.2, -0.15) is 0 Å². The van der Waals surface area contributed by atoms with Crippen molar-refractivity contribution in [3.8, 4) is 0 Å². The number of unbranched alkanes of at least 4 members (excludes halogenated alkanes) is 1. The highest BCUT2D eigenvalue weighted by atomic mass is 14.9. The number of piperidine rings is 1. The van der Waals surface area contributed by atoms with Crippen LogP contribution in [0.15, 0.2) is 12.2 Å². The summed E-state index contributed by atoms with van der Waals surface area (Å²) in [7, 11) is 0. The Kier molecular flexibility index (Phi) is 4.37. The molecule has 1 heteroatoms. The SMILES string of the molecule is CCCC=CC1CCCC(C)N1. The maximum Gasteiger partial charge on any atom is 0.0252 e. The summed E-state index contributed by atoms with van der Waals surface area (Å²) in [4.78, 5) is 0. The fourth-order valence-corrected chi connectivity index (χ4v) is 1.76. The van der Waals surface area contributed by atoms with Crippen LogP contribution in [0.5, 0.6) is 0 Å². The van der Waals surface area contributed by atoms with E-state index in [0.29, 0.717) is 6.04 Å². The molecule has 1 aliphatic heterocycles. The smallest absolute Gasteiger partial charge is 0.0252 e. The molecule has 1 saturated heterocycles. The lowest BCUT2D eigenvalue weighted by atomic mass is 9.99. The Bertz CT molecular complexity index is 140. The van der Waals surface area contributed by atoms with E-state index in [4.69, 9.17) is 0 Å². The van der Waals surface area contributed by atoms with E-state index in [2.05, 4.69) is 31.3 Å². The van der Waals surface area contributed by atoms with Crippen molar-refractivity contribution in [1.29, 1.82) is 0 Å². The summed E-state index contributed by atoms with van der Waals surface area (Å²) in [5.41, 5.74) is 0. The second kappa shape index (κ2) is 5.36. The summed E-state index contributed by atoms with van der Waals surface area (Å²) in [6.07, 6.45) is 11.2. The van der Waals surface area contributed by atoms with Gasteiger partial charge >= 0.3 is 0 Å². The first kappa shape index (κ1) is 9.79. The van der Waals surface area contributed by atoms with Crippen LogP contribution >= 0.6 is 0 Å². The molecule has 12 heavy (non-hydrogen) atoms. The molecule has 2 atom stereocenters. The number of allylic oxidation sites excluding steroid dienone is 1. The lowest BCUT2D eigenvalue weighted by Gasteiger charge is -2.26. The third-order valence-corrected chi connectivity index (χ3v) is 2.47. The molecule has 2 unspecified atom stereocenters. The Morgan fingerprint density at radius 1 is 1.42 bits per heavy atom. The average Bonchev–Trinajstić information content (AvgIpc) is 2.05. The van der Waals surface area contributed by atoms with Crippen molar-refractivity contribution in [2.75, 3.05) is 0 Å². The van der Waals surface area contributed by atoms with Crippen molar-refractivity contribution in [3.63, 3.8) is 0 Å². The fraction of sp³-hybridized carbons (Fsp3) is 0.818. The monoisotopic (exact) mass is 167 g/mol. The number of rotatable bonds is 3. The summed E-state index contributed by atoms with van der Waals surface area (Å²) < 4.78 is 0. The van der Waals surface area contributed by atoms with E-state index < -0.39 is 0 Å². The second-order valence-electron chi connectivity index (χ2n) is 3.82. The van der Waals surface area contributed by atoms with Gasteiger partial charge in [0.2, 0.25) is 0 Å². The maximum atomic E-state index is 3.59. The first-order valence-corrected chi connectivity index (χ1v) is 5.25. The van der Waals surface area contributed by atoms with Crippen molar-refractivity contribution in [2.45, 2.75) is 58.0 Å². The highest BCUT2D eigenvalue weighted by Gasteiger charge is 2.14. The zero-order valence-electron chi connectivity index (χ0n) is 8.34. The van der Waals surface area contributed by atoms with Crippen LogP contribution in [0.25, 0.3) is 0 Å². The minimum absolute atomic E-state index is 0.653. The van der Waals surface area contributed by atoms with Crippen LogP contribution in [0.2, 0.25) is 0 Å². The van der Waals surface area contributed by atoms with E-state index in [1.165, 1.54) is 32.1 Å². The van der Waals surface area contributed by atoms with Crippen LogP contribution in [-0.2, 0) is 0 Å². The van der Waals surface area contributed by atoms with E-state index in [0.717, 1.165) is 6.04 Å². The molecule has 1 rings (SSSR count). The van der Waals surface area contributed by atoms with Gasteiger partial charge in [0.15, 0.2) is 0 Å². The minimum atomic E-state index is 0.653. The number of hydrogen-bond acceptors (Lipinski definition) is 1. The third-order valence-electron chi connectivity index (χ3n) is 2.47. The van der Waals surface area contributed by atoms with Crippen LogP contribution in [0, 0.1) is 0 Å². The average molecular weight is 167 g/mol.